The van der Waals surface area contributed by atoms with Crippen LogP contribution < -0.4 is 10.7 Å². The van der Waals surface area contributed by atoms with Crippen molar-refractivity contribution in [2.24, 2.45) is 0 Å². The van der Waals surface area contributed by atoms with Crippen molar-refractivity contribution in [3.63, 3.8) is 0 Å². The maximum absolute atomic E-state index is 12.3. The molecule has 0 saturated heterocycles. The van der Waals surface area contributed by atoms with Crippen molar-refractivity contribution in [1.29, 1.82) is 0 Å². The molecule has 2 aromatic carbocycles. The summed E-state index contributed by atoms with van der Waals surface area (Å²) in [6.45, 7) is 1.44. The third-order valence-electron chi connectivity index (χ3n) is 3.44. The zero-order valence-electron chi connectivity index (χ0n) is 12.6. The van der Waals surface area contributed by atoms with Crippen LogP contribution in [0.3, 0.4) is 0 Å². The van der Waals surface area contributed by atoms with Crippen LogP contribution in [0.25, 0.3) is 11.0 Å². The molecule has 0 aliphatic carbocycles. The molecule has 0 bridgehead atoms. The molecule has 0 unspecified atom stereocenters. The maximum Gasteiger partial charge on any atom is 0.291 e. The van der Waals surface area contributed by atoms with Crippen LogP contribution in [0.5, 0.6) is 0 Å². The van der Waals surface area contributed by atoms with Gasteiger partial charge in [-0.1, -0.05) is 23.7 Å². The molecule has 3 rings (SSSR count). The zero-order valence-corrected chi connectivity index (χ0v) is 13.4. The maximum atomic E-state index is 12.3. The summed E-state index contributed by atoms with van der Waals surface area (Å²) in [5.74, 6) is -0.812. The van der Waals surface area contributed by atoms with Crippen molar-refractivity contribution >= 4 is 39.9 Å². The molecule has 120 valence electrons. The molecule has 1 N–H and O–H groups in total. The van der Waals surface area contributed by atoms with Gasteiger partial charge < -0.3 is 9.73 Å². The van der Waals surface area contributed by atoms with Gasteiger partial charge in [-0.05, 0) is 37.3 Å². The lowest BCUT2D eigenvalue weighted by Crippen LogP contribution is -2.15. The lowest BCUT2D eigenvalue weighted by atomic mass is 10.1. The molecule has 0 fully saturated rings. The van der Waals surface area contributed by atoms with Crippen molar-refractivity contribution < 1.29 is 14.0 Å². The molecule has 0 aliphatic heterocycles. The van der Waals surface area contributed by atoms with Crippen LogP contribution in [0.2, 0.25) is 5.02 Å². The number of nitrogens with one attached hydrogen (secondary N) is 1. The Hall–Kier alpha value is -2.92. The highest BCUT2D eigenvalue weighted by atomic mass is 35.5. The van der Waals surface area contributed by atoms with Crippen LogP contribution in [0.1, 0.15) is 27.8 Å². The standard InChI is InChI=1S/C18H12ClNO4/c1-10(21)11-3-2-4-13(7-11)20-18(23)17-9-15(22)14-8-12(19)5-6-16(14)24-17/h2-9H,1H3,(H,20,23). The van der Waals surface area contributed by atoms with E-state index in [1.807, 2.05) is 0 Å². The Labute approximate surface area is 141 Å². The molecule has 24 heavy (non-hydrogen) atoms. The van der Waals surface area contributed by atoms with Gasteiger partial charge in [0.05, 0.1) is 5.39 Å². The van der Waals surface area contributed by atoms with E-state index in [0.29, 0.717) is 21.7 Å². The van der Waals surface area contributed by atoms with Gasteiger partial charge in [0.2, 0.25) is 0 Å². The Morgan fingerprint density at radius 1 is 1.08 bits per heavy atom. The molecule has 6 heteroatoms. The predicted octanol–water partition coefficient (Wildman–Crippen LogP) is 3.90. The summed E-state index contributed by atoms with van der Waals surface area (Å²) in [4.78, 5) is 35.8. The average Bonchev–Trinajstić information content (AvgIpc) is 2.55. The number of halogens is 1. The molecular formula is C18H12ClNO4. The first-order valence-corrected chi connectivity index (χ1v) is 7.47. The summed E-state index contributed by atoms with van der Waals surface area (Å²) < 4.78 is 5.47. The number of carbonyl (C=O) groups excluding carboxylic acids is 2. The fraction of sp³-hybridized carbons (Fsp3) is 0.0556. The minimum absolute atomic E-state index is 0.111. The van der Waals surface area contributed by atoms with Gasteiger partial charge in [-0.15, -0.1) is 0 Å². The Morgan fingerprint density at radius 3 is 2.62 bits per heavy atom. The molecule has 1 amide bonds. The summed E-state index contributed by atoms with van der Waals surface area (Å²) in [5.41, 5.74) is 0.824. The van der Waals surface area contributed by atoms with E-state index in [0.717, 1.165) is 6.07 Å². The van der Waals surface area contributed by atoms with E-state index in [-0.39, 0.29) is 22.6 Å². The molecule has 0 saturated carbocycles. The van der Waals surface area contributed by atoms with Crippen molar-refractivity contribution in [3.05, 3.63) is 75.1 Å². The molecule has 0 radical (unpaired) electrons. The molecule has 0 atom stereocenters. The van der Waals surface area contributed by atoms with Gasteiger partial charge in [0.15, 0.2) is 17.0 Å². The highest BCUT2D eigenvalue weighted by molar-refractivity contribution is 6.31. The molecule has 3 aromatic rings. The second-order valence-corrected chi connectivity index (χ2v) is 5.64. The minimum Gasteiger partial charge on any atom is -0.451 e. The third kappa shape index (κ3) is 3.21. The largest absolute Gasteiger partial charge is 0.451 e. The van der Waals surface area contributed by atoms with Crippen molar-refractivity contribution in [2.75, 3.05) is 5.32 Å². The van der Waals surface area contributed by atoms with Gasteiger partial charge >= 0.3 is 0 Å². The second kappa shape index (κ2) is 6.29. The van der Waals surface area contributed by atoms with Gasteiger partial charge in [-0.2, -0.15) is 0 Å². The molecular weight excluding hydrogens is 330 g/mol. The summed E-state index contributed by atoms with van der Waals surface area (Å²) in [6.07, 6.45) is 0. The van der Waals surface area contributed by atoms with Crippen molar-refractivity contribution in [2.45, 2.75) is 6.92 Å². The third-order valence-corrected chi connectivity index (χ3v) is 3.68. The smallest absolute Gasteiger partial charge is 0.291 e. The SMILES string of the molecule is CC(=O)c1cccc(NC(=O)c2cc(=O)c3cc(Cl)ccc3o2)c1. The van der Waals surface area contributed by atoms with E-state index in [4.69, 9.17) is 16.0 Å². The van der Waals surface area contributed by atoms with Gasteiger partial charge in [0.25, 0.3) is 5.91 Å². The number of amides is 1. The van der Waals surface area contributed by atoms with Gasteiger partial charge in [0.1, 0.15) is 5.58 Å². The monoisotopic (exact) mass is 341 g/mol. The number of fused-ring (bicyclic) bond motifs is 1. The molecule has 0 spiro atoms. The van der Waals surface area contributed by atoms with Crippen molar-refractivity contribution in [1.82, 2.24) is 0 Å². The van der Waals surface area contributed by atoms with E-state index in [1.54, 1.807) is 30.3 Å². The quantitative estimate of drug-likeness (QED) is 0.733. The number of hydrogen-bond acceptors (Lipinski definition) is 4. The summed E-state index contributed by atoms with van der Waals surface area (Å²) >= 11 is 5.85. The van der Waals surface area contributed by atoms with E-state index in [9.17, 15) is 14.4 Å². The lowest BCUT2D eigenvalue weighted by molar-refractivity contribution is 0.0992. The van der Waals surface area contributed by atoms with Gasteiger partial charge in [0, 0.05) is 22.3 Å². The highest BCUT2D eigenvalue weighted by Crippen LogP contribution is 2.18. The Balaban J connectivity index is 1.94. The van der Waals surface area contributed by atoms with Crippen molar-refractivity contribution in [3.8, 4) is 0 Å². The zero-order chi connectivity index (χ0) is 17.3. The highest BCUT2D eigenvalue weighted by Gasteiger charge is 2.13. The van der Waals surface area contributed by atoms with E-state index < -0.39 is 5.91 Å². The van der Waals surface area contributed by atoms with Crippen LogP contribution in [0.15, 0.2) is 57.7 Å². The first-order valence-electron chi connectivity index (χ1n) is 7.10. The number of rotatable bonds is 3. The molecule has 5 nitrogen and oxygen atoms in total. The molecule has 0 aliphatic rings. The predicted molar refractivity (Wildman–Crippen MR) is 91.9 cm³/mol. The number of ketones is 1. The van der Waals surface area contributed by atoms with Crippen LogP contribution in [-0.4, -0.2) is 11.7 Å². The van der Waals surface area contributed by atoms with E-state index >= 15 is 0 Å². The number of benzene rings is 2. The Bertz CT molecular complexity index is 1020. The molecule has 1 aromatic heterocycles. The van der Waals surface area contributed by atoms with Crippen LogP contribution in [0, 0.1) is 0 Å². The first kappa shape index (κ1) is 16.0. The van der Waals surface area contributed by atoms with Gasteiger partial charge in [-0.3, -0.25) is 14.4 Å². The van der Waals surface area contributed by atoms with E-state index in [1.165, 1.54) is 19.1 Å². The summed E-state index contributed by atoms with van der Waals surface area (Å²) in [5, 5.41) is 3.32. The second-order valence-electron chi connectivity index (χ2n) is 5.21. The average molecular weight is 342 g/mol. The Kier molecular flexibility index (Phi) is 4.18. The Morgan fingerprint density at radius 2 is 1.88 bits per heavy atom. The summed E-state index contributed by atoms with van der Waals surface area (Å²) in [6, 6.07) is 12.2. The summed E-state index contributed by atoms with van der Waals surface area (Å²) in [7, 11) is 0. The lowest BCUT2D eigenvalue weighted by Gasteiger charge is -2.06. The van der Waals surface area contributed by atoms with Crippen LogP contribution in [-0.2, 0) is 0 Å². The van der Waals surface area contributed by atoms with E-state index in [2.05, 4.69) is 5.32 Å². The topological polar surface area (TPSA) is 76.4 Å². The number of anilines is 1. The van der Waals surface area contributed by atoms with Gasteiger partial charge in [-0.25, -0.2) is 0 Å². The number of carbonyl (C=O) groups is 2. The fourth-order valence-electron chi connectivity index (χ4n) is 2.25. The molecule has 1 heterocycles. The fourth-order valence-corrected chi connectivity index (χ4v) is 2.42. The van der Waals surface area contributed by atoms with Crippen LogP contribution in [0.4, 0.5) is 5.69 Å². The van der Waals surface area contributed by atoms with Crippen LogP contribution >= 0.6 is 11.6 Å². The number of hydrogen-bond donors (Lipinski definition) is 1. The minimum atomic E-state index is -0.579. The first-order chi connectivity index (χ1) is 11.4. The number of Topliss-reactive ketones (excluding diaryl/α,β-unsaturated/α-hetero) is 1. The normalized spacial score (nSPS) is 10.6.